The molecule has 0 saturated carbocycles. The van der Waals surface area contributed by atoms with Crippen molar-refractivity contribution >= 4 is 6.41 Å². The number of methoxy groups -OCH3 is 1. The highest BCUT2D eigenvalue weighted by Crippen LogP contribution is 2.19. The van der Waals surface area contributed by atoms with Gasteiger partial charge >= 0.3 is 0 Å². The number of aromatic nitrogens is 2. The second-order valence-electron chi connectivity index (χ2n) is 5.56. The Morgan fingerprint density at radius 3 is 2.39 bits per heavy atom. The summed E-state index contributed by atoms with van der Waals surface area (Å²) in [5.74, 6) is 0.820. The van der Waals surface area contributed by atoms with Gasteiger partial charge in [0.05, 0.1) is 12.8 Å². The van der Waals surface area contributed by atoms with E-state index >= 15 is 0 Å². The van der Waals surface area contributed by atoms with Gasteiger partial charge in [0.25, 0.3) is 0 Å². The summed E-state index contributed by atoms with van der Waals surface area (Å²) in [5, 5.41) is 4.57. The molecule has 0 unspecified atom stereocenters. The minimum absolute atomic E-state index is 0.578. The molecule has 0 aliphatic carbocycles. The largest absolute Gasteiger partial charge is 0.497 e. The lowest BCUT2D eigenvalue weighted by molar-refractivity contribution is -0.119. The molecule has 0 spiro atoms. The molecule has 0 atom stereocenters. The van der Waals surface area contributed by atoms with Gasteiger partial charge in [0.15, 0.2) is 0 Å². The number of nitrogens with zero attached hydrogens (tertiary/aromatic N) is 3. The van der Waals surface area contributed by atoms with Crippen LogP contribution in [-0.4, -0.2) is 28.2 Å². The molecular formula is C18H25N3O2. The van der Waals surface area contributed by atoms with Crippen molar-refractivity contribution in [3.63, 3.8) is 0 Å². The molecule has 0 aliphatic heterocycles. The number of carbonyl (C=O) groups excluding carboxylic acids is 1. The maximum atomic E-state index is 11.5. The standard InChI is InChI=1S/C18H25N3O2/c1-5-17-16(18(6-2)20(3)19-17)12-21(13-22)11-14-7-9-15(23-4)10-8-14/h7-10,13H,5-6,11-12H2,1-4H3. The van der Waals surface area contributed by atoms with Crippen molar-refractivity contribution in [2.45, 2.75) is 39.8 Å². The van der Waals surface area contributed by atoms with Gasteiger partial charge in [0.1, 0.15) is 5.75 Å². The summed E-state index contributed by atoms with van der Waals surface area (Å²) in [7, 11) is 3.61. The molecule has 0 fully saturated rings. The zero-order valence-electron chi connectivity index (χ0n) is 14.4. The third-order valence-corrected chi connectivity index (χ3v) is 4.08. The fraction of sp³-hybridized carbons (Fsp3) is 0.444. The predicted molar refractivity (Wildman–Crippen MR) is 90.3 cm³/mol. The number of benzene rings is 1. The van der Waals surface area contributed by atoms with E-state index in [2.05, 4.69) is 18.9 Å². The third-order valence-electron chi connectivity index (χ3n) is 4.08. The molecule has 1 aromatic heterocycles. The van der Waals surface area contributed by atoms with Gasteiger partial charge < -0.3 is 9.64 Å². The van der Waals surface area contributed by atoms with Crippen molar-refractivity contribution < 1.29 is 9.53 Å². The number of hydrogen-bond acceptors (Lipinski definition) is 3. The smallest absolute Gasteiger partial charge is 0.210 e. The summed E-state index contributed by atoms with van der Waals surface area (Å²) in [5.41, 5.74) is 4.53. The molecule has 0 N–H and O–H groups in total. The van der Waals surface area contributed by atoms with Crippen LogP contribution in [0.3, 0.4) is 0 Å². The van der Waals surface area contributed by atoms with Crippen LogP contribution >= 0.6 is 0 Å². The Balaban J connectivity index is 2.17. The van der Waals surface area contributed by atoms with Gasteiger partial charge in [-0.15, -0.1) is 0 Å². The first kappa shape index (κ1) is 17.1. The van der Waals surface area contributed by atoms with E-state index in [0.29, 0.717) is 13.1 Å². The number of amides is 1. The van der Waals surface area contributed by atoms with E-state index in [0.717, 1.165) is 36.3 Å². The minimum atomic E-state index is 0.578. The fourth-order valence-electron chi connectivity index (χ4n) is 2.87. The van der Waals surface area contributed by atoms with E-state index < -0.39 is 0 Å². The van der Waals surface area contributed by atoms with Gasteiger partial charge in [-0.25, -0.2) is 0 Å². The summed E-state index contributed by atoms with van der Waals surface area (Å²) in [6.45, 7) is 5.39. The first-order chi connectivity index (χ1) is 11.1. The van der Waals surface area contributed by atoms with Crippen LogP contribution in [0.15, 0.2) is 24.3 Å². The second-order valence-corrected chi connectivity index (χ2v) is 5.56. The molecule has 0 bridgehead atoms. The quantitative estimate of drug-likeness (QED) is 0.704. The number of rotatable bonds is 8. The van der Waals surface area contributed by atoms with Crippen molar-refractivity contribution in [3.05, 3.63) is 46.8 Å². The van der Waals surface area contributed by atoms with Gasteiger partial charge in [0, 0.05) is 31.4 Å². The minimum Gasteiger partial charge on any atom is -0.497 e. The van der Waals surface area contributed by atoms with E-state index in [9.17, 15) is 4.79 Å². The van der Waals surface area contributed by atoms with Gasteiger partial charge in [-0.1, -0.05) is 26.0 Å². The van der Waals surface area contributed by atoms with Crippen LogP contribution in [0, 0.1) is 0 Å². The summed E-state index contributed by atoms with van der Waals surface area (Å²) < 4.78 is 7.10. The summed E-state index contributed by atoms with van der Waals surface area (Å²) in [4.78, 5) is 13.3. The monoisotopic (exact) mass is 315 g/mol. The SMILES string of the molecule is CCc1nn(C)c(CC)c1CN(C=O)Cc1ccc(OC)cc1. The number of carbonyl (C=O) groups is 1. The maximum absolute atomic E-state index is 11.5. The van der Waals surface area contributed by atoms with Gasteiger partial charge in [0.2, 0.25) is 6.41 Å². The van der Waals surface area contributed by atoms with Crippen LogP contribution in [0.25, 0.3) is 0 Å². The van der Waals surface area contributed by atoms with Crippen molar-refractivity contribution in [3.8, 4) is 5.75 Å². The topological polar surface area (TPSA) is 47.4 Å². The van der Waals surface area contributed by atoms with E-state index in [1.165, 1.54) is 11.3 Å². The lowest BCUT2D eigenvalue weighted by Gasteiger charge is -2.18. The third kappa shape index (κ3) is 3.92. The molecule has 0 saturated heterocycles. The normalized spacial score (nSPS) is 10.6. The number of hydrogen-bond donors (Lipinski definition) is 0. The Morgan fingerprint density at radius 2 is 1.87 bits per heavy atom. The van der Waals surface area contributed by atoms with Crippen LogP contribution in [-0.2, 0) is 37.8 Å². The second kappa shape index (κ2) is 7.81. The van der Waals surface area contributed by atoms with Crippen LogP contribution in [0.5, 0.6) is 5.75 Å². The zero-order valence-corrected chi connectivity index (χ0v) is 14.4. The van der Waals surface area contributed by atoms with E-state index in [1.54, 1.807) is 12.0 Å². The lowest BCUT2D eigenvalue weighted by Crippen LogP contribution is -2.22. The molecule has 1 amide bonds. The van der Waals surface area contributed by atoms with E-state index in [-0.39, 0.29) is 0 Å². The molecule has 0 radical (unpaired) electrons. The highest BCUT2D eigenvalue weighted by molar-refractivity contribution is 5.48. The van der Waals surface area contributed by atoms with E-state index in [1.807, 2.05) is 36.0 Å². The maximum Gasteiger partial charge on any atom is 0.210 e. The Bertz CT molecular complexity index is 647. The highest BCUT2D eigenvalue weighted by atomic mass is 16.5. The number of aryl methyl sites for hydroxylation is 2. The molecule has 124 valence electrons. The predicted octanol–water partition coefficient (Wildman–Crippen LogP) is 2.71. The summed E-state index contributed by atoms with van der Waals surface area (Å²) in [6, 6.07) is 7.80. The molecule has 0 aliphatic rings. The molecule has 5 heteroatoms. The highest BCUT2D eigenvalue weighted by Gasteiger charge is 2.16. The first-order valence-electron chi connectivity index (χ1n) is 7.98. The first-order valence-corrected chi connectivity index (χ1v) is 7.98. The van der Waals surface area contributed by atoms with Gasteiger partial charge in [-0.05, 0) is 30.5 Å². The Hall–Kier alpha value is -2.30. The molecule has 1 heterocycles. The molecule has 2 aromatic rings. The molecule has 23 heavy (non-hydrogen) atoms. The average Bonchev–Trinajstić information content (AvgIpc) is 2.89. The average molecular weight is 315 g/mol. The molecule has 5 nitrogen and oxygen atoms in total. The summed E-state index contributed by atoms with van der Waals surface area (Å²) in [6.07, 6.45) is 2.70. The van der Waals surface area contributed by atoms with Crippen LogP contribution in [0.4, 0.5) is 0 Å². The molecule has 1 aromatic carbocycles. The zero-order chi connectivity index (χ0) is 16.8. The van der Waals surface area contributed by atoms with Crippen molar-refractivity contribution in [2.75, 3.05) is 7.11 Å². The van der Waals surface area contributed by atoms with Crippen LogP contribution in [0.2, 0.25) is 0 Å². The van der Waals surface area contributed by atoms with Crippen LogP contribution in [0.1, 0.15) is 36.4 Å². The number of ether oxygens (including phenoxy) is 1. The van der Waals surface area contributed by atoms with Crippen LogP contribution < -0.4 is 4.74 Å². The Labute approximate surface area is 137 Å². The van der Waals surface area contributed by atoms with Crippen molar-refractivity contribution in [1.29, 1.82) is 0 Å². The Kier molecular flexibility index (Phi) is 5.79. The summed E-state index contributed by atoms with van der Waals surface area (Å²) >= 11 is 0. The lowest BCUT2D eigenvalue weighted by atomic mass is 10.1. The van der Waals surface area contributed by atoms with Gasteiger partial charge in [-0.3, -0.25) is 9.48 Å². The van der Waals surface area contributed by atoms with E-state index in [4.69, 9.17) is 4.74 Å². The molecule has 2 rings (SSSR count). The van der Waals surface area contributed by atoms with Gasteiger partial charge in [-0.2, -0.15) is 5.10 Å². The van der Waals surface area contributed by atoms with Crippen molar-refractivity contribution in [1.82, 2.24) is 14.7 Å². The fourth-order valence-corrected chi connectivity index (χ4v) is 2.87. The van der Waals surface area contributed by atoms with Crippen molar-refractivity contribution in [2.24, 2.45) is 7.05 Å². The molecular weight excluding hydrogens is 290 g/mol. The Morgan fingerprint density at radius 1 is 1.17 bits per heavy atom.